The van der Waals surface area contributed by atoms with E-state index in [0.717, 1.165) is 15.8 Å². The quantitative estimate of drug-likeness (QED) is 0.656. The average Bonchev–Trinajstić information content (AvgIpc) is 2.88. The van der Waals surface area contributed by atoms with E-state index in [0.29, 0.717) is 15.2 Å². The molecular weight excluding hydrogens is 339 g/mol. The highest BCUT2D eigenvalue weighted by atomic mass is 35.5. The van der Waals surface area contributed by atoms with Crippen LogP contribution in [0.15, 0.2) is 48.5 Å². The lowest BCUT2D eigenvalue weighted by molar-refractivity contribution is -0.111. The van der Waals surface area contributed by atoms with Gasteiger partial charge in [-0.1, -0.05) is 52.7 Å². The lowest BCUT2D eigenvalue weighted by Gasteiger charge is -1.99. The molecule has 1 aromatic heterocycles. The zero-order valence-electron chi connectivity index (χ0n) is 11.2. The van der Waals surface area contributed by atoms with Crippen molar-refractivity contribution in [2.75, 3.05) is 5.32 Å². The first-order valence-electron chi connectivity index (χ1n) is 6.41. The van der Waals surface area contributed by atoms with Crippen LogP contribution in [-0.2, 0) is 4.79 Å². The fourth-order valence-electron chi connectivity index (χ4n) is 1.87. The summed E-state index contributed by atoms with van der Waals surface area (Å²) >= 11 is 13.3. The third-order valence-electron chi connectivity index (χ3n) is 2.90. The number of hydrogen-bond acceptors (Lipinski definition) is 3. The lowest BCUT2D eigenvalue weighted by Crippen LogP contribution is -2.07. The summed E-state index contributed by atoms with van der Waals surface area (Å²) < 4.78 is 1.03. The van der Waals surface area contributed by atoms with Crippen molar-refractivity contribution in [1.29, 1.82) is 0 Å². The van der Waals surface area contributed by atoms with Crippen LogP contribution in [0.4, 0.5) is 5.13 Å². The summed E-state index contributed by atoms with van der Waals surface area (Å²) in [6.45, 7) is 0. The molecule has 1 heterocycles. The SMILES string of the molecule is O=C(C=Cc1ccc(Cl)cc1Cl)Nc1nc2ccccc2s1. The van der Waals surface area contributed by atoms with E-state index < -0.39 is 0 Å². The summed E-state index contributed by atoms with van der Waals surface area (Å²) in [6.07, 6.45) is 3.06. The van der Waals surface area contributed by atoms with Crippen LogP contribution >= 0.6 is 34.5 Å². The Morgan fingerprint density at radius 1 is 1.18 bits per heavy atom. The number of para-hydroxylation sites is 1. The third-order valence-corrected chi connectivity index (χ3v) is 4.42. The summed E-state index contributed by atoms with van der Waals surface area (Å²) in [5.74, 6) is -0.259. The number of anilines is 1. The Labute approximate surface area is 141 Å². The van der Waals surface area contributed by atoms with E-state index in [1.807, 2.05) is 24.3 Å². The monoisotopic (exact) mass is 348 g/mol. The molecule has 0 saturated heterocycles. The molecule has 22 heavy (non-hydrogen) atoms. The predicted molar refractivity (Wildman–Crippen MR) is 93.7 cm³/mol. The Balaban J connectivity index is 1.73. The second-order valence-electron chi connectivity index (χ2n) is 4.48. The Hall–Kier alpha value is -1.88. The van der Waals surface area contributed by atoms with Gasteiger partial charge in [0.25, 0.3) is 0 Å². The van der Waals surface area contributed by atoms with Gasteiger partial charge >= 0.3 is 0 Å². The third kappa shape index (κ3) is 3.47. The molecule has 3 aromatic rings. The maximum absolute atomic E-state index is 11.9. The summed E-state index contributed by atoms with van der Waals surface area (Å²) in [7, 11) is 0. The largest absolute Gasteiger partial charge is 0.298 e. The Morgan fingerprint density at radius 2 is 2.00 bits per heavy atom. The number of carbonyl (C=O) groups excluding carboxylic acids is 1. The van der Waals surface area contributed by atoms with Crippen LogP contribution < -0.4 is 5.32 Å². The molecule has 3 nitrogen and oxygen atoms in total. The van der Waals surface area contributed by atoms with Crippen molar-refractivity contribution in [2.45, 2.75) is 0 Å². The first-order valence-corrected chi connectivity index (χ1v) is 7.99. The molecule has 0 unspecified atom stereocenters. The standard InChI is InChI=1S/C16H10Cl2N2OS/c17-11-7-5-10(12(18)9-11)6-8-15(21)20-16-19-13-3-1-2-4-14(13)22-16/h1-9H,(H,19,20,21). The van der Waals surface area contributed by atoms with Crippen molar-refractivity contribution >= 4 is 61.9 Å². The van der Waals surface area contributed by atoms with Crippen LogP contribution in [0, 0.1) is 0 Å². The van der Waals surface area contributed by atoms with Crippen molar-refractivity contribution in [1.82, 2.24) is 4.98 Å². The number of benzene rings is 2. The van der Waals surface area contributed by atoms with Gasteiger partial charge in [-0.15, -0.1) is 0 Å². The summed E-state index contributed by atoms with van der Waals surface area (Å²) in [5, 5.41) is 4.37. The second-order valence-corrected chi connectivity index (χ2v) is 6.35. The van der Waals surface area contributed by atoms with Crippen molar-refractivity contribution in [3.8, 4) is 0 Å². The van der Waals surface area contributed by atoms with E-state index in [1.54, 1.807) is 24.3 Å². The normalized spacial score (nSPS) is 11.2. The molecule has 110 valence electrons. The maximum atomic E-state index is 11.9. The van der Waals surface area contributed by atoms with Crippen LogP contribution in [0.3, 0.4) is 0 Å². The highest BCUT2D eigenvalue weighted by molar-refractivity contribution is 7.22. The fraction of sp³-hybridized carbons (Fsp3) is 0. The highest BCUT2D eigenvalue weighted by Gasteiger charge is 2.05. The first-order chi connectivity index (χ1) is 10.6. The molecule has 0 spiro atoms. The van der Waals surface area contributed by atoms with Gasteiger partial charge in [0, 0.05) is 16.1 Å². The van der Waals surface area contributed by atoms with Gasteiger partial charge in [0.2, 0.25) is 5.91 Å². The van der Waals surface area contributed by atoms with Crippen LogP contribution in [-0.4, -0.2) is 10.9 Å². The number of fused-ring (bicyclic) bond motifs is 1. The van der Waals surface area contributed by atoms with E-state index in [4.69, 9.17) is 23.2 Å². The van der Waals surface area contributed by atoms with Crippen molar-refractivity contribution in [3.63, 3.8) is 0 Å². The number of carbonyl (C=O) groups is 1. The highest BCUT2D eigenvalue weighted by Crippen LogP contribution is 2.25. The van der Waals surface area contributed by atoms with Crippen molar-refractivity contribution in [2.24, 2.45) is 0 Å². The van der Waals surface area contributed by atoms with E-state index in [9.17, 15) is 4.79 Å². The molecule has 1 N–H and O–H groups in total. The first kappa shape index (κ1) is 15.0. The van der Waals surface area contributed by atoms with E-state index in [1.165, 1.54) is 17.4 Å². The number of nitrogens with one attached hydrogen (secondary N) is 1. The van der Waals surface area contributed by atoms with Crippen LogP contribution in [0.25, 0.3) is 16.3 Å². The summed E-state index contributed by atoms with van der Waals surface area (Å²) in [5.41, 5.74) is 1.60. The molecule has 0 atom stereocenters. The van der Waals surface area contributed by atoms with Gasteiger partial charge < -0.3 is 0 Å². The lowest BCUT2D eigenvalue weighted by atomic mass is 10.2. The molecule has 0 aliphatic heterocycles. The van der Waals surface area contributed by atoms with Gasteiger partial charge in [0.1, 0.15) is 0 Å². The second kappa shape index (κ2) is 6.48. The van der Waals surface area contributed by atoms with Gasteiger partial charge in [-0.2, -0.15) is 0 Å². The predicted octanol–water partition coefficient (Wildman–Crippen LogP) is 5.26. The maximum Gasteiger partial charge on any atom is 0.250 e. The molecule has 6 heteroatoms. The number of hydrogen-bond donors (Lipinski definition) is 1. The molecule has 0 fully saturated rings. The minimum absolute atomic E-state index is 0.259. The summed E-state index contributed by atoms with van der Waals surface area (Å²) in [4.78, 5) is 16.3. The molecule has 1 amide bonds. The van der Waals surface area contributed by atoms with Gasteiger partial charge in [0.05, 0.1) is 10.2 Å². The Bertz CT molecular complexity index is 840. The van der Waals surface area contributed by atoms with Gasteiger partial charge in [0.15, 0.2) is 5.13 Å². The number of amides is 1. The zero-order valence-corrected chi connectivity index (χ0v) is 13.5. The smallest absolute Gasteiger partial charge is 0.250 e. The molecule has 0 aliphatic rings. The number of thiazole rings is 1. The molecule has 0 aliphatic carbocycles. The molecule has 3 rings (SSSR count). The Kier molecular flexibility index (Phi) is 4.43. The topological polar surface area (TPSA) is 42.0 Å². The number of halogens is 2. The van der Waals surface area contributed by atoms with Crippen LogP contribution in [0.1, 0.15) is 5.56 Å². The van der Waals surface area contributed by atoms with E-state index >= 15 is 0 Å². The summed E-state index contributed by atoms with van der Waals surface area (Å²) in [6, 6.07) is 12.8. The average molecular weight is 349 g/mol. The Morgan fingerprint density at radius 3 is 2.77 bits per heavy atom. The van der Waals surface area contributed by atoms with E-state index in [-0.39, 0.29) is 5.91 Å². The van der Waals surface area contributed by atoms with Crippen molar-refractivity contribution in [3.05, 3.63) is 64.1 Å². The zero-order chi connectivity index (χ0) is 15.5. The minimum Gasteiger partial charge on any atom is -0.298 e. The molecule has 0 bridgehead atoms. The van der Waals surface area contributed by atoms with Gasteiger partial charge in [-0.25, -0.2) is 4.98 Å². The van der Waals surface area contributed by atoms with Crippen molar-refractivity contribution < 1.29 is 4.79 Å². The van der Waals surface area contributed by atoms with Crippen LogP contribution in [0.5, 0.6) is 0 Å². The number of aromatic nitrogens is 1. The van der Waals surface area contributed by atoms with Gasteiger partial charge in [-0.3, -0.25) is 10.1 Å². The molecular formula is C16H10Cl2N2OS. The van der Waals surface area contributed by atoms with Gasteiger partial charge in [-0.05, 0) is 35.9 Å². The van der Waals surface area contributed by atoms with Crippen LogP contribution in [0.2, 0.25) is 10.0 Å². The number of rotatable bonds is 3. The molecule has 0 radical (unpaired) electrons. The number of nitrogens with zero attached hydrogens (tertiary/aromatic N) is 1. The molecule has 0 saturated carbocycles. The minimum atomic E-state index is -0.259. The fourth-order valence-corrected chi connectivity index (χ4v) is 3.22. The van der Waals surface area contributed by atoms with E-state index in [2.05, 4.69) is 10.3 Å². The molecule has 2 aromatic carbocycles.